The molecule has 1 N–H and O–H groups in total. The van der Waals surface area contributed by atoms with Gasteiger partial charge < -0.3 is 4.98 Å². The van der Waals surface area contributed by atoms with Crippen LogP contribution in [0.3, 0.4) is 0 Å². The second-order valence-electron chi connectivity index (χ2n) is 7.24. The fourth-order valence-corrected chi connectivity index (χ4v) is 5.00. The molecule has 3 aromatic rings. The first kappa shape index (κ1) is 21.5. The Hall–Kier alpha value is -2.76. The summed E-state index contributed by atoms with van der Waals surface area (Å²) in [5.74, 6) is 0.470. The van der Waals surface area contributed by atoms with Crippen LogP contribution in [0.5, 0.6) is 0 Å². The lowest BCUT2D eigenvalue weighted by Crippen LogP contribution is -2.48. The van der Waals surface area contributed by atoms with E-state index in [-0.39, 0.29) is 23.5 Å². The first-order valence-corrected chi connectivity index (χ1v) is 11.0. The molecular formula is C20H19F3N4O3S. The van der Waals surface area contributed by atoms with Crippen molar-refractivity contribution in [2.24, 2.45) is 0 Å². The molecule has 7 nitrogen and oxygen atoms in total. The van der Waals surface area contributed by atoms with Crippen LogP contribution in [0.4, 0.5) is 13.2 Å². The second-order valence-corrected chi connectivity index (χ2v) is 9.17. The molecule has 0 atom stereocenters. The van der Waals surface area contributed by atoms with E-state index in [0.717, 1.165) is 12.1 Å². The number of hydrogen-bond acceptors (Lipinski definition) is 5. The van der Waals surface area contributed by atoms with Crippen molar-refractivity contribution in [1.29, 1.82) is 0 Å². The molecule has 1 aliphatic heterocycles. The Morgan fingerprint density at radius 3 is 2.42 bits per heavy atom. The standard InChI is InChI=1S/C20H19F3N4O3S/c21-20(22,23)14-4-3-5-15(12-14)31(29,30)27-10-8-26(9-11-27)13-18-24-17-7-2-1-6-16(17)19(28)25-18/h1-7,12H,8-11,13H2,(H,24,25,28). The molecule has 2 aromatic carbocycles. The summed E-state index contributed by atoms with van der Waals surface area (Å²) >= 11 is 0. The molecule has 1 aromatic heterocycles. The van der Waals surface area contributed by atoms with Gasteiger partial charge in [0.15, 0.2) is 0 Å². The number of aromatic amines is 1. The predicted octanol–water partition coefficient (Wildman–Crippen LogP) is 2.45. The van der Waals surface area contributed by atoms with Gasteiger partial charge in [-0.05, 0) is 30.3 Å². The van der Waals surface area contributed by atoms with Crippen molar-refractivity contribution >= 4 is 20.9 Å². The van der Waals surface area contributed by atoms with Gasteiger partial charge in [-0.25, -0.2) is 13.4 Å². The average molecular weight is 452 g/mol. The quantitative estimate of drug-likeness (QED) is 0.657. The van der Waals surface area contributed by atoms with E-state index in [1.807, 2.05) is 4.90 Å². The third kappa shape index (κ3) is 4.48. The average Bonchev–Trinajstić information content (AvgIpc) is 2.74. The first-order chi connectivity index (χ1) is 14.6. The zero-order chi connectivity index (χ0) is 22.2. The van der Waals surface area contributed by atoms with Gasteiger partial charge in [-0.2, -0.15) is 17.5 Å². The summed E-state index contributed by atoms with van der Waals surface area (Å²) in [4.78, 5) is 20.9. The number of halogens is 3. The maximum atomic E-state index is 12.9. The molecule has 0 saturated carbocycles. The third-order valence-corrected chi connectivity index (χ3v) is 7.06. The van der Waals surface area contributed by atoms with Crippen LogP contribution in [0.15, 0.2) is 58.2 Å². The summed E-state index contributed by atoms with van der Waals surface area (Å²) < 4.78 is 65.6. The largest absolute Gasteiger partial charge is 0.416 e. The van der Waals surface area contributed by atoms with E-state index in [0.29, 0.717) is 42.4 Å². The van der Waals surface area contributed by atoms with Crippen molar-refractivity contribution in [1.82, 2.24) is 19.2 Å². The highest BCUT2D eigenvalue weighted by molar-refractivity contribution is 7.89. The van der Waals surface area contributed by atoms with Crippen LogP contribution >= 0.6 is 0 Å². The summed E-state index contributed by atoms with van der Waals surface area (Å²) in [5, 5.41) is 0.489. The Morgan fingerprint density at radius 2 is 1.71 bits per heavy atom. The minimum atomic E-state index is -4.62. The topological polar surface area (TPSA) is 86.4 Å². The van der Waals surface area contributed by atoms with Gasteiger partial charge >= 0.3 is 6.18 Å². The van der Waals surface area contributed by atoms with E-state index in [1.165, 1.54) is 10.4 Å². The zero-order valence-corrected chi connectivity index (χ0v) is 17.1. The molecule has 0 unspecified atom stereocenters. The van der Waals surface area contributed by atoms with E-state index >= 15 is 0 Å². The maximum absolute atomic E-state index is 12.9. The molecule has 164 valence electrons. The minimum absolute atomic E-state index is 0.121. The number of sulfonamides is 1. The van der Waals surface area contributed by atoms with Gasteiger partial charge in [-0.3, -0.25) is 9.69 Å². The number of H-pyrrole nitrogens is 1. The van der Waals surface area contributed by atoms with Crippen molar-refractivity contribution in [3.63, 3.8) is 0 Å². The highest BCUT2D eigenvalue weighted by Gasteiger charge is 2.34. The SMILES string of the molecule is O=c1[nH]c(CN2CCN(S(=O)(=O)c3cccc(C(F)(F)F)c3)CC2)nc2ccccc12. The van der Waals surface area contributed by atoms with Crippen LogP contribution in [-0.2, 0) is 22.7 Å². The number of alkyl halides is 3. The zero-order valence-electron chi connectivity index (χ0n) is 16.3. The number of hydrogen-bond donors (Lipinski definition) is 1. The highest BCUT2D eigenvalue weighted by Crippen LogP contribution is 2.31. The van der Waals surface area contributed by atoms with E-state index in [1.54, 1.807) is 24.3 Å². The van der Waals surface area contributed by atoms with Crippen LogP contribution in [0, 0.1) is 0 Å². The summed E-state index contributed by atoms with van der Waals surface area (Å²) in [5.41, 5.74) is -0.670. The van der Waals surface area contributed by atoms with E-state index in [4.69, 9.17) is 0 Å². The number of nitrogens with zero attached hydrogens (tertiary/aromatic N) is 3. The minimum Gasteiger partial charge on any atom is -0.309 e. The Labute approximate surface area is 176 Å². The maximum Gasteiger partial charge on any atom is 0.416 e. The fourth-order valence-electron chi connectivity index (χ4n) is 3.53. The van der Waals surface area contributed by atoms with Crippen LogP contribution in [-0.4, -0.2) is 53.8 Å². The van der Waals surface area contributed by atoms with Crippen LogP contribution in [0.1, 0.15) is 11.4 Å². The molecule has 31 heavy (non-hydrogen) atoms. The van der Waals surface area contributed by atoms with Gasteiger partial charge in [0, 0.05) is 26.2 Å². The lowest BCUT2D eigenvalue weighted by Gasteiger charge is -2.33. The normalized spacial score (nSPS) is 16.6. The molecule has 0 aliphatic carbocycles. The Bertz CT molecular complexity index is 1270. The Balaban J connectivity index is 1.46. The molecule has 2 heterocycles. The molecular weight excluding hydrogens is 433 g/mol. The molecule has 4 rings (SSSR count). The van der Waals surface area contributed by atoms with E-state index in [9.17, 15) is 26.4 Å². The van der Waals surface area contributed by atoms with Gasteiger partial charge in [0.05, 0.1) is 27.9 Å². The van der Waals surface area contributed by atoms with E-state index in [2.05, 4.69) is 9.97 Å². The van der Waals surface area contributed by atoms with Crippen molar-refractivity contribution in [2.45, 2.75) is 17.6 Å². The van der Waals surface area contributed by atoms with E-state index < -0.39 is 21.8 Å². The second kappa shape index (κ2) is 8.06. The van der Waals surface area contributed by atoms with Gasteiger partial charge in [0.25, 0.3) is 5.56 Å². The molecule has 1 aliphatic rings. The third-order valence-electron chi connectivity index (χ3n) is 5.17. The molecule has 1 saturated heterocycles. The summed E-state index contributed by atoms with van der Waals surface area (Å²) in [6.45, 7) is 1.29. The van der Waals surface area contributed by atoms with Gasteiger partial charge in [-0.1, -0.05) is 18.2 Å². The fraction of sp³-hybridized carbons (Fsp3) is 0.300. The Kier molecular flexibility index (Phi) is 5.58. The molecule has 0 radical (unpaired) electrons. The molecule has 0 amide bonds. The summed E-state index contributed by atoms with van der Waals surface area (Å²) in [6.07, 6.45) is -4.62. The smallest absolute Gasteiger partial charge is 0.309 e. The van der Waals surface area contributed by atoms with Crippen molar-refractivity contribution in [2.75, 3.05) is 26.2 Å². The molecule has 0 spiro atoms. The van der Waals surface area contributed by atoms with Crippen molar-refractivity contribution < 1.29 is 21.6 Å². The number of para-hydroxylation sites is 1. The number of aromatic nitrogens is 2. The number of piperazine rings is 1. The summed E-state index contributed by atoms with van der Waals surface area (Å²) in [6, 6.07) is 10.7. The van der Waals surface area contributed by atoms with Crippen LogP contribution < -0.4 is 5.56 Å². The summed E-state index contributed by atoms with van der Waals surface area (Å²) in [7, 11) is -4.04. The van der Waals surface area contributed by atoms with Gasteiger partial charge in [0.2, 0.25) is 10.0 Å². The number of nitrogens with one attached hydrogen (secondary N) is 1. The molecule has 11 heteroatoms. The van der Waals surface area contributed by atoms with Gasteiger partial charge in [-0.15, -0.1) is 0 Å². The molecule has 1 fully saturated rings. The number of benzene rings is 2. The Morgan fingerprint density at radius 1 is 1.00 bits per heavy atom. The van der Waals surface area contributed by atoms with Crippen LogP contribution in [0.2, 0.25) is 0 Å². The van der Waals surface area contributed by atoms with Crippen molar-refractivity contribution in [3.05, 3.63) is 70.3 Å². The van der Waals surface area contributed by atoms with Crippen molar-refractivity contribution in [3.8, 4) is 0 Å². The lowest BCUT2D eigenvalue weighted by atomic mass is 10.2. The monoisotopic (exact) mass is 452 g/mol. The van der Waals surface area contributed by atoms with Crippen LogP contribution in [0.25, 0.3) is 10.9 Å². The molecule has 0 bridgehead atoms. The van der Waals surface area contributed by atoms with Gasteiger partial charge in [0.1, 0.15) is 5.82 Å². The first-order valence-electron chi connectivity index (χ1n) is 9.52. The lowest BCUT2D eigenvalue weighted by molar-refractivity contribution is -0.137. The number of fused-ring (bicyclic) bond motifs is 1. The highest BCUT2D eigenvalue weighted by atomic mass is 32.2. The number of rotatable bonds is 4. The predicted molar refractivity (Wildman–Crippen MR) is 108 cm³/mol.